The number of aryl methyl sites for hydroxylation is 1. The van der Waals surface area contributed by atoms with Crippen molar-refractivity contribution < 1.29 is 18.0 Å². The zero-order valence-electron chi connectivity index (χ0n) is 16.9. The molecule has 1 aliphatic rings. The third-order valence-electron chi connectivity index (χ3n) is 4.67. The van der Waals surface area contributed by atoms with Crippen molar-refractivity contribution >= 4 is 62.4 Å². The van der Waals surface area contributed by atoms with Gasteiger partial charge in [-0.2, -0.15) is 0 Å². The number of anilines is 3. The highest BCUT2D eigenvalue weighted by atomic mass is 35.5. The van der Waals surface area contributed by atoms with E-state index in [-0.39, 0.29) is 27.3 Å². The SMILES string of the molecule is Cc1ccc(N2C(=O)C(Cl)=C(Nc3ccc(S(=O)(=O)Nc4ncccn4)cc3)C2=O)cc1Cl. The molecule has 4 rings (SSSR count). The van der Waals surface area contributed by atoms with E-state index >= 15 is 0 Å². The van der Waals surface area contributed by atoms with Gasteiger partial charge in [0.1, 0.15) is 10.7 Å². The van der Waals surface area contributed by atoms with Crippen LogP contribution in [-0.4, -0.2) is 30.2 Å². The molecule has 33 heavy (non-hydrogen) atoms. The first-order valence-electron chi connectivity index (χ1n) is 9.39. The molecule has 12 heteroatoms. The van der Waals surface area contributed by atoms with E-state index in [1.54, 1.807) is 25.1 Å². The number of benzene rings is 2. The van der Waals surface area contributed by atoms with E-state index in [1.165, 1.54) is 42.7 Å². The molecule has 9 nitrogen and oxygen atoms in total. The highest BCUT2D eigenvalue weighted by Crippen LogP contribution is 2.32. The Morgan fingerprint density at radius 2 is 1.61 bits per heavy atom. The van der Waals surface area contributed by atoms with Crippen LogP contribution in [0.3, 0.4) is 0 Å². The molecule has 0 aliphatic carbocycles. The summed E-state index contributed by atoms with van der Waals surface area (Å²) in [6, 6.07) is 11.8. The van der Waals surface area contributed by atoms with E-state index < -0.39 is 21.8 Å². The van der Waals surface area contributed by atoms with Gasteiger partial charge in [-0.3, -0.25) is 9.59 Å². The first kappa shape index (κ1) is 22.7. The minimum Gasteiger partial charge on any atom is -0.350 e. The van der Waals surface area contributed by atoms with E-state index in [0.717, 1.165) is 10.5 Å². The van der Waals surface area contributed by atoms with Crippen molar-refractivity contribution in [1.82, 2.24) is 9.97 Å². The Morgan fingerprint density at radius 3 is 2.24 bits per heavy atom. The number of imide groups is 1. The minimum atomic E-state index is -3.92. The largest absolute Gasteiger partial charge is 0.350 e. The first-order valence-corrected chi connectivity index (χ1v) is 11.6. The number of hydrogen-bond acceptors (Lipinski definition) is 7. The molecule has 0 bridgehead atoms. The van der Waals surface area contributed by atoms with Crippen LogP contribution >= 0.6 is 23.2 Å². The Hall–Kier alpha value is -3.47. The number of amides is 2. The predicted molar refractivity (Wildman–Crippen MR) is 124 cm³/mol. The molecule has 2 aromatic carbocycles. The van der Waals surface area contributed by atoms with Gasteiger partial charge < -0.3 is 5.32 Å². The zero-order chi connectivity index (χ0) is 23.8. The lowest BCUT2D eigenvalue weighted by Gasteiger charge is -2.16. The number of halogens is 2. The van der Waals surface area contributed by atoms with Crippen LogP contribution < -0.4 is 14.9 Å². The van der Waals surface area contributed by atoms with E-state index in [0.29, 0.717) is 10.7 Å². The molecule has 0 atom stereocenters. The van der Waals surface area contributed by atoms with E-state index in [9.17, 15) is 18.0 Å². The molecule has 0 unspecified atom stereocenters. The van der Waals surface area contributed by atoms with Gasteiger partial charge in [-0.05, 0) is 55.0 Å². The second kappa shape index (κ2) is 8.81. The maximum atomic E-state index is 12.9. The highest BCUT2D eigenvalue weighted by Gasteiger charge is 2.39. The molecule has 2 amide bonds. The lowest BCUT2D eigenvalue weighted by molar-refractivity contribution is -0.120. The average molecular weight is 504 g/mol. The van der Waals surface area contributed by atoms with Crippen LogP contribution in [0, 0.1) is 6.92 Å². The van der Waals surface area contributed by atoms with Crippen LogP contribution in [0.15, 0.2) is 76.5 Å². The summed E-state index contributed by atoms with van der Waals surface area (Å²) in [7, 11) is -3.92. The number of carbonyl (C=O) groups is 2. The molecule has 0 radical (unpaired) electrons. The molecule has 0 fully saturated rings. The maximum Gasteiger partial charge on any atom is 0.283 e. The number of carbonyl (C=O) groups excluding carboxylic acids is 2. The summed E-state index contributed by atoms with van der Waals surface area (Å²) >= 11 is 12.3. The number of rotatable bonds is 6. The summed E-state index contributed by atoms with van der Waals surface area (Å²) in [5, 5.41) is 2.89. The molecule has 1 aliphatic heterocycles. The van der Waals surface area contributed by atoms with Gasteiger partial charge in [-0.15, -0.1) is 0 Å². The Balaban J connectivity index is 1.53. The normalized spacial score (nSPS) is 14.1. The fourth-order valence-corrected chi connectivity index (χ4v) is 4.30. The third kappa shape index (κ3) is 4.54. The van der Waals surface area contributed by atoms with Gasteiger partial charge in [0.15, 0.2) is 0 Å². The number of nitrogens with zero attached hydrogens (tertiary/aromatic N) is 3. The van der Waals surface area contributed by atoms with Gasteiger partial charge in [-0.1, -0.05) is 29.3 Å². The van der Waals surface area contributed by atoms with E-state index in [4.69, 9.17) is 23.2 Å². The molecule has 0 saturated carbocycles. The van der Waals surface area contributed by atoms with Crippen LogP contribution in [0.2, 0.25) is 5.02 Å². The molecule has 0 saturated heterocycles. The van der Waals surface area contributed by atoms with Crippen LogP contribution in [-0.2, 0) is 19.6 Å². The Morgan fingerprint density at radius 1 is 0.939 bits per heavy atom. The van der Waals surface area contributed by atoms with E-state index in [1.807, 2.05) is 0 Å². The maximum absolute atomic E-state index is 12.9. The lowest BCUT2D eigenvalue weighted by Crippen LogP contribution is -2.32. The Bertz CT molecular complexity index is 1390. The van der Waals surface area contributed by atoms with Crippen LogP contribution in [0.5, 0.6) is 0 Å². The number of aromatic nitrogens is 2. The minimum absolute atomic E-state index is 0.0506. The summed E-state index contributed by atoms with van der Waals surface area (Å²) in [5.41, 5.74) is 1.29. The quantitative estimate of drug-likeness (QED) is 0.492. The lowest BCUT2D eigenvalue weighted by atomic mass is 10.2. The summed E-state index contributed by atoms with van der Waals surface area (Å²) in [5.74, 6) is -1.43. The van der Waals surface area contributed by atoms with Gasteiger partial charge >= 0.3 is 0 Å². The molecular formula is C21H15Cl2N5O4S. The smallest absolute Gasteiger partial charge is 0.283 e. The molecule has 0 spiro atoms. The standard InChI is InChI=1S/C21H15Cl2N5O4S/c1-12-3-6-14(11-16(12)22)28-19(29)17(23)18(20(28)30)26-13-4-7-15(8-5-13)33(31,32)27-21-24-9-2-10-25-21/h2-11,26H,1H3,(H,24,25,27). The second-order valence-electron chi connectivity index (χ2n) is 6.90. The first-order chi connectivity index (χ1) is 15.7. The highest BCUT2D eigenvalue weighted by molar-refractivity contribution is 7.92. The fourth-order valence-electron chi connectivity index (χ4n) is 2.96. The second-order valence-corrected chi connectivity index (χ2v) is 9.36. The molecular weight excluding hydrogens is 489 g/mol. The van der Waals surface area contributed by atoms with E-state index in [2.05, 4.69) is 20.0 Å². The summed E-state index contributed by atoms with van der Waals surface area (Å²) in [4.78, 5) is 34.0. The van der Waals surface area contributed by atoms with Crippen LogP contribution in [0.4, 0.5) is 17.3 Å². The van der Waals surface area contributed by atoms with Gasteiger partial charge in [0.2, 0.25) is 5.95 Å². The van der Waals surface area contributed by atoms with Crippen molar-refractivity contribution in [2.45, 2.75) is 11.8 Å². The van der Waals surface area contributed by atoms with Gasteiger partial charge in [-0.25, -0.2) is 28.0 Å². The van der Waals surface area contributed by atoms with Crippen molar-refractivity contribution in [3.05, 3.63) is 82.2 Å². The van der Waals surface area contributed by atoms with Gasteiger partial charge in [0.05, 0.1) is 10.6 Å². The van der Waals surface area contributed by atoms with Crippen molar-refractivity contribution in [3.63, 3.8) is 0 Å². The topological polar surface area (TPSA) is 121 Å². The van der Waals surface area contributed by atoms with Crippen LogP contribution in [0.1, 0.15) is 5.56 Å². The van der Waals surface area contributed by atoms with Crippen molar-refractivity contribution in [2.24, 2.45) is 0 Å². The molecule has 168 valence electrons. The molecule has 2 N–H and O–H groups in total. The summed E-state index contributed by atoms with van der Waals surface area (Å²) in [6.07, 6.45) is 2.81. The number of nitrogens with one attached hydrogen (secondary N) is 2. The Kier molecular flexibility index (Phi) is 6.07. The average Bonchev–Trinajstić information content (AvgIpc) is 3.00. The third-order valence-corrected chi connectivity index (χ3v) is 6.77. The van der Waals surface area contributed by atoms with Crippen LogP contribution in [0.25, 0.3) is 0 Å². The van der Waals surface area contributed by atoms with Gasteiger partial charge in [0, 0.05) is 23.1 Å². The summed E-state index contributed by atoms with van der Waals surface area (Å²) < 4.78 is 27.3. The van der Waals surface area contributed by atoms with Gasteiger partial charge in [0.25, 0.3) is 21.8 Å². The van der Waals surface area contributed by atoms with Crippen molar-refractivity contribution in [3.8, 4) is 0 Å². The molecule has 1 aromatic heterocycles. The monoisotopic (exact) mass is 503 g/mol. The fraction of sp³-hybridized carbons (Fsp3) is 0.0476. The zero-order valence-corrected chi connectivity index (χ0v) is 19.2. The number of hydrogen-bond donors (Lipinski definition) is 2. The Labute approximate surface area is 199 Å². The van der Waals surface area contributed by atoms with Crippen molar-refractivity contribution in [2.75, 3.05) is 14.9 Å². The number of sulfonamides is 1. The van der Waals surface area contributed by atoms with Crippen molar-refractivity contribution in [1.29, 1.82) is 0 Å². The summed E-state index contributed by atoms with van der Waals surface area (Å²) in [6.45, 7) is 1.80. The molecule has 2 heterocycles. The molecule has 3 aromatic rings. The predicted octanol–water partition coefficient (Wildman–Crippen LogP) is 3.67.